The van der Waals surface area contributed by atoms with Crippen LogP contribution in [-0.4, -0.2) is 4.98 Å². The van der Waals surface area contributed by atoms with Crippen molar-refractivity contribution in [2.45, 2.75) is 0 Å². The molecule has 17 heavy (non-hydrogen) atoms. The summed E-state index contributed by atoms with van der Waals surface area (Å²) in [5.41, 5.74) is 1.30. The van der Waals surface area contributed by atoms with Crippen LogP contribution in [0.5, 0.6) is 0 Å². The number of pyridine rings is 1. The molecule has 1 aromatic heterocycles. The third-order valence-electron chi connectivity index (χ3n) is 2.11. The molecule has 2 aromatic rings. The number of nitriles is 1. The molecule has 0 aliphatic rings. The molecule has 0 aliphatic heterocycles. The van der Waals surface area contributed by atoms with E-state index in [1.807, 2.05) is 24.3 Å². The molecule has 2 rings (SSSR count). The zero-order valence-electron chi connectivity index (χ0n) is 8.61. The molecule has 0 bridgehead atoms. The van der Waals surface area contributed by atoms with Gasteiger partial charge in [0.1, 0.15) is 11.9 Å². The average Bonchev–Trinajstić information content (AvgIpc) is 2.32. The quantitative estimate of drug-likeness (QED) is 0.880. The molecule has 3 nitrogen and oxygen atoms in total. The van der Waals surface area contributed by atoms with Crippen LogP contribution in [0.2, 0.25) is 0 Å². The van der Waals surface area contributed by atoms with Crippen LogP contribution < -0.4 is 5.32 Å². The van der Waals surface area contributed by atoms with Crippen molar-refractivity contribution in [2.75, 3.05) is 5.32 Å². The molecule has 0 fully saturated rings. The summed E-state index contributed by atoms with van der Waals surface area (Å²) >= 11 is 6.77. The van der Waals surface area contributed by atoms with Crippen LogP contribution in [0.25, 0.3) is 0 Å². The lowest BCUT2D eigenvalue weighted by atomic mass is 10.2. The fraction of sp³-hybridized carbons (Fsp3) is 0. The van der Waals surface area contributed by atoms with E-state index in [1.165, 1.54) is 0 Å². The Morgan fingerprint density at radius 3 is 2.76 bits per heavy atom. The fourth-order valence-corrected chi connectivity index (χ4v) is 2.04. The van der Waals surface area contributed by atoms with Crippen molar-refractivity contribution in [1.29, 1.82) is 5.26 Å². The van der Waals surface area contributed by atoms with E-state index in [4.69, 9.17) is 5.26 Å². The summed E-state index contributed by atoms with van der Waals surface area (Å²) in [4.78, 5) is 4.20. The number of benzene rings is 1. The van der Waals surface area contributed by atoms with Gasteiger partial charge >= 0.3 is 0 Å². The maximum absolute atomic E-state index is 9.02. The summed E-state index contributed by atoms with van der Waals surface area (Å²) in [6, 6.07) is 11.3. The molecular formula is C12H7Br2N3. The molecule has 0 radical (unpaired) electrons. The van der Waals surface area contributed by atoms with Gasteiger partial charge in [0.15, 0.2) is 0 Å². The maximum Gasteiger partial charge on any atom is 0.144 e. The standard InChI is InChI=1S/C12H7Br2N3/c13-9-4-3-8(7-15)11(6-9)17-12-10(14)2-1-5-16-12/h1-6H,(H,16,17). The average molecular weight is 353 g/mol. The zero-order chi connectivity index (χ0) is 12.3. The Kier molecular flexibility index (Phi) is 3.77. The van der Waals surface area contributed by atoms with Gasteiger partial charge in [0.2, 0.25) is 0 Å². The Morgan fingerprint density at radius 2 is 2.06 bits per heavy atom. The minimum atomic E-state index is 0.575. The summed E-state index contributed by atoms with van der Waals surface area (Å²) < 4.78 is 1.76. The Morgan fingerprint density at radius 1 is 1.24 bits per heavy atom. The molecule has 5 heteroatoms. The fourth-order valence-electron chi connectivity index (χ4n) is 1.32. The summed E-state index contributed by atoms with van der Waals surface area (Å²) in [6.45, 7) is 0. The van der Waals surface area contributed by atoms with Gasteiger partial charge in [-0.3, -0.25) is 0 Å². The van der Waals surface area contributed by atoms with Gasteiger partial charge in [0.05, 0.1) is 15.7 Å². The smallest absolute Gasteiger partial charge is 0.144 e. The highest BCUT2D eigenvalue weighted by Crippen LogP contribution is 2.27. The lowest BCUT2D eigenvalue weighted by Gasteiger charge is -2.09. The molecule has 0 unspecified atom stereocenters. The molecule has 0 spiro atoms. The zero-order valence-corrected chi connectivity index (χ0v) is 11.8. The van der Waals surface area contributed by atoms with Gasteiger partial charge in [-0.15, -0.1) is 0 Å². The molecule has 1 N–H and O–H groups in total. The molecular weight excluding hydrogens is 346 g/mol. The van der Waals surface area contributed by atoms with Crippen LogP contribution in [0.3, 0.4) is 0 Å². The van der Waals surface area contributed by atoms with Crippen molar-refractivity contribution in [1.82, 2.24) is 4.98 Å². The lowest BCUT2D eigenvalue weighted by molar-refractivity contribution is 1.29. The second-order valence-corrected chi connectivity index (χ2v) is 5.03. The van der Waals surface area contributed by atoms with Gasteiger partial charge in [-0.05, 0) is 46.3 Å². The summed E-state index contributed by atoms with van der Waals surface area (Å²) in [5.74, 6) is 0.683. The van der Waals surface area contributed by atoms with Crippen molar-refractivity contribution >= 4 is 43.4 Å². The molecule has 0 atom stereocenters. The SMILES string of the molecule is N#Cc1ccc(Br)cc1Nc1ncccc1Br. The molecule has 0 saturated carbocycles. The predicted octanol–water partition coefficient (Wildman–Crippen LogP) is 4.22. The van der Waals surface area contributed by atoms with Crippen molar-refractivity contribution in [3.8, 4) is 6.07 Å². The molecule has 1 aromatic carbocycles. The van der Waals surface area contributed by atoms with Crippen molar-refractivity contribution < 1.29 is 0 Å². The van der Waals surface area contributed by atoms with Gasteiger partial charge < -0.3 is 5.32 Å². The number of hydrogen-bond donors (Lipinski definition) is 1. The van der Waals surface area contributed by atoms with Gasteiger partial charge in [0, 0.05) is 10.7 Å². The van der Waals surface area contributed by atoms with E-state index in [9.17, 15) is 0 Å². The molecule has 0 saturated heterocycles. The van der Waals surface area contributed by atoms with Crippen LogP contribution in [0, 0.1) is 11.3 Å². The highest BCUT2D eigenvalue weighted by atomic mass is 79.9. The Balaban J connectivity index is 2.40. The van der Waals surface area contributed by atoms with E-state index in [1.54, 1.807) is 12.3 Å². The molecule has 0 amide bonds. The van der Waals surface area contributed by atoms with Crippen molar-refractivity contribution in [3.63, 3.8) is 0 Å². The number of nitrogens with zero attached hydrogens (tertiary/aromatic N) is 2. The predicted molar refractivity (Wildman–Crippen MR) is 74.1 cm³/mol. The minimum absolute atomic E-state index is 0.575. The minimum Gasteiger partial charge on any atom is -0.338 e. The number of nitrogens with one attached hydrogen (secondary N) is 1. The third kappa shape index (κ3) is 2.84. The topological polar surface area (TPSA) is 48.7 Å². The first kappa shape index (κ1) is 12.1. The number of rotatable bonds is 2. The Bertz CT molecular complexity index is 591. The normalized spacial score (nSPS) is 9.71. The molecule has 0 aliphatic carbocycles. The summed E-state index contributed by atoms with van der Waals surface area (Å²) in [5, 5.41) is 12.1. The number of aromatic nitrogens is 1. The Labute approximate surface area is 116 Å². The van der Waals surface area contributed by atoms with Crippen molar-refractivity contribution in [2.24, 2.45) is 0 Å². The highest BCUT2D eigenvalue weighted by molar-refractivity contribution is 9.10. The summed E-state index contributed by atoms with van der Waals surface area (Å²) in [6.07, 6.45) is 1.69. The van der Waals surface area contributed by atoms with E-state index in [-0.39, 0.29) is 0 Å². The van der Waals surface area contributed by atoms with Crippen LogP contribution in [0.1, 0.15) is 5.56 Å². The van der Waals surface area contributed by atoms with Gasteiger partial charge in [0.25, 0.3) is 0 Å². The first-order valence-electron chi connectivity index (χ1n) is 4.78. The van der Waals surface area contributed by atoms with E-state index in [0.29, 0.717) is 11.4 Å². The van der Waals surface area contributed by atoms with Crippen LogP contribution in [-0.2, 0) is 0 Å². The van der Waals surface area contributed by atoms with Gasteiger partial charge in [-0.25, -0.2) is 4.98 Å². The summed E-state index contributed by atoms with van der Waals surface area (Å²) in [7, 11) is 0. The molecule has 1 heterocycles. The van der Waals surface area contributed by atoms with Crippen LogP contribution >= 0.6 is 31.9 Å². The maximum atomic E-state index is 9.02. The van der Waals surface area contributed by atoms with Gasteiger partial charge in [-0.1, -0.05) is 15.9 Å². The number of hydrogen-bond acceptors (Lipinski definition) is 3. The first-order valence-corrected chi connectivity index (χ1v) is 6.36. The first-order chi connectivity index (χ1) is 8.20. The lowest BCUT2D eigenvalue weighted by Crippen LogP contribution is -1.96. The largest absolute Gasteiger partial charge is 0.338 e. The van der Waals surface area contributed by atoms with Crippen molar-refractivity contribution in [3.05, 3.63) is 51.0 Å². The van der Waals surface area contributed by atoms with E-state index in [2.05, 4.69) is 48.2 Å². The number of anilines is 2. The van der Waals surface area contributed by atoms with E-state index < -0.39 is 0 Å². The molecule has 84 valence electrons. The van der Waals surface area contributed by atoms with Gasteiger partial charge in [-0.2, -0.15) is 5.26 Å². The van der Waals surface area contributed by atoms with Crippen LogP contribution in [0.4, 0.5) is 11.5 Å². The van der Waals surface area contributed by atoms with Crippen LogP contribution in [0.15, 0.2) is 45.5 Å². The monoisotopic (exact) mass is 351 g/mol. The number of halogens is 2. The third-order valence-corrected chi connectivity index (χ3v) is 3.25. The van der Waals surface area contributed by atoms with E-state index >= 15 is 0 Å². The van der Waals surface area contributed by atoms with E-state index in [0.717, 1.165) is 14.6 Å². The second-order valence-electron chi connectivity index (χ2n) is 3.26. The highest BCUT2D eigenvalue weighted by Gasteiger charge is 2.06. The second kappa shape index (κ2) is 5.30. The Hall–Kier alpha value is -1.38.